The van der Waals surface area contributed by atoms with E-state index >= 15 is 0 Å². The Balaban J connectivity index is 2.48. The highest BCUT2D eigenvalue weighted by atomic mass is 79.9. The predicted octanol–water partition coefficient (Wildman–Crippen LogP) is 3.41. The van der Waals surface area contributed by atoms with Gasteiger partial charge in [-0.2, -0.15) is 0 Å². The fraction of sp³-hybridized carbons (Fsp3) is 0.250. The predicted molar refractivity (Wildman–Crippen MR) is 63.9 cm³/mol. The molecule has 0 amide bonds. The van der Waals surface area contributed by atoms with Gasteiger partial charge in [0.1, 0.15) is 0 Å². The van der Waals surface area contributed by atoms with Gasteiger partial charge < -0.3 is 5.11 Å². The van der Waals surface area contributed by atoms with Crippen molar-refractivity contribution >= 4 is 21.9 Å². The molecule has 0 atom stereocenters. The van der Waals surface area contributed by atoms with E-state index in [0.29, 0.717) is 5.57 Å². The number of rotatable bonds is 4. The molecule has 0 saturated carbocycles. The average Bonchev–Trinajstić information content (AvgIpc) is 2.20. The highest BCUT2D eigenvalue weighted by molar-refractivity contribution is 9.10. The lowest BCUT2D eigenvalue weighted by Gasteiger charge is -1.99. The Labute approximate surface area is 97.8 Å². The maximum atomic E-state index is 10.5. The van der Waals surface area contributed by atoms with E-state index < -0.39 is 5.97 Å². The number of aryl methyl sites for hydroxylation is 1. The molecule has 80 valence electrons. The Kier molecular flexibility index (Phi) is 4.56. The molecule has 2 nitrogen and oxygen atoms in total. The summed E-state index contributed by atoms with van der Waals surface area (Å²) in [5.74, 6) is -0.842. The molecule has 0 aliphatic rings. The van der Waals surface area contributed by atoms with Crippen LogP contribution in [0.2, 0.25) is 0 Å². The third-order valence-electron chi connectivity index (χ3n) is 2.13. The van der Waals surface area contributed by atoms with Gasteiger partial charge in [-0.3, -0.25) is 0 Å². The molecular weight excluding hydrogens is 256 g/mol. The van der Waals surface area contributed by atoms with Gasteiger partial charge in [0.05, 0.1) is 0 Å². The molecule has 0 spiro atoms. The molecule has 1 aromatic carbocycles. The Bertz CT molecular complexity index is 366. The summed E-state index contributed by atoms with van der Waals surface area (Å²) in [4.78, 5) is 10.5. The van der Waals surface area contributed by atoms with E-state index in [4.69, 9.17) is 5.11 Å². The maximum absolute atomic E-state index is 10.5. The minimum atomic E-state index is -0.842. The SMILES string of the molecule is C/C(=C\CCc1ccc(Br)cc1)C(=O)O. The summed E-state index contributed by atoms with van der Waals surface area (Å²) >= 11 is 3.37. The van der Waals surface area contributed by atoms with Crippen molar-refractivity contribution in [2.45, 2.75) is 19.8 Å². The number of halogens is 1. The number of aliphatic carboxylic acids is 1. The monoisotopic (exact) mass is 268 g/mol. The van der Waals surface area contributed by atoms with Gasteiger partial charge in [-0.1, -0.05) is 34.1 Å². The van der Waals surface area contributed by atoms with E-state index in [-0.39, 0.29) is 0 Å². The second kappa shape index (κ2) is 5.71. The van der Waals surface area contributed by atoms with Gasteiger partial charge in [-0.25, -0.2) is 4.79 Å². The molecule has 1 N–H and O–H groups in total. The standard InChI is InChI=1S/C12H13BrO2/c1-9(12(14)15)3-2-4-10-5-7-11(13)8-6-10/h3,5-8H,2,4H2,1H3,(H,14,15)/b9-3+. The Morgan fingerprint density at radius 2 is 2.00 bits per heavy atom. The van der Waals surface area contributed by atoms with Gasteiger partial charge in [-0.05, 0) is 37.5 Å². The summed E-state index contributed by atoms with van der Waals surface area (Å²) in [6.45, 7) is 1.61. The Morgan fingerprint density at radius 1 is 1.40 bits per heavy atom. The molecular formula is C12H13BrO2. The number of carboxylic acid groups (broad SMARTS) is 1. The first-order valence-electron chi connectivity index (χ1n) is 4.74. The number of hydrogen-bond acceptors (Lipinski definition) is 1. The van der Waals surface area contributed by atoms with Crippen molar-refractivity contribution in [1.82, 2.24) is 0 Å². The summed E-state index contributed by atoms with van der Waals surface area (Å²) < 4.78 is 1.06. The van der Waals surface area contributed by atoms with Gasteiger partial charge in [0.15, 0.2) is 0 Å². The lowest BCUT2D eigenvalue weighted by atomic mass is 10.1. The van der Waals surface area contributed by atoms with Crippen molar-refractivity contribution in [3.05, 3.63) is 46.0 Å². The van der Waals surface area contributed by atoms with E-state index in [0.717, 1.165) is 17.3 Å². The minimum absolute atomic E-state index is 0.409. The molecule has 0 fully saturated rings. The normalized spacial score (nSPS) is 11.5. The summed E-state index contributed by atoms with van der Waals surface area (Å²) in [5, 5.41) is 8.64. The number of carbonyl (C=O) groups is 1. The number of hydrogen-bond donors (Lipinski definition) is 1. The van der Waals surface area contributed by atoms with Crippen LogP contribution in [0.3, 0.4) is 0 Å². The molecule has 1 aromatic rings. The zero-order chi connectivity index (χ0) is 11.3. The number of allylic oxidation sites excluding steroid dienone is 1. The van der Waals surface area contributed by atoms with Gasteiger partial charge in [-0.15, -0.1) is 0 Å². The van der Waals surface area contributed by atoms with Crippen molar-refractivity contribution in [2.24, 2.45) is 0 Å². The first-order chi connectivity index (χ1) is 7.09. The quantitative estimate of drug-likeness (QED) is 0.850. The second-order valence-electron chi connectivity index (χ2n) is 3.36. The molecule has 1 rings (SSSR count). The van der Waals surface area contributed by atoms with Crippen molar-refractivity contribution in [3.8, 4) is 0 Å². The van der Waals surface area contributed by atoms with E-state index in [1.165, 1.54) is 5.56 Å². The lowest BCUT2D eigenvalue weighted by Crippen LogP contribution is -1.96. The van der Waals surface area contributed by atoms with Crippen LogP contribution in [-0.4, -0.2) is 11.1 Å². The highest BCUT2D eigenvalue weighted by Crippen LogP contribution is 2.12. The summed E-state index contributed by atoms with van der Waals surface area (Å²) in [6.07, 6.45) is 3.39. The molecule has 0 heterocycles. The Hall–Kier alpha value is -1.09. The third kappa shape index (κ3) is 4.30. The molecule has 0 aliphatic carbocycles. The first kappa shape index (κ1) is 12.0. The van der Waals surface area contributed by atoms with Crippen molar-refractivity contribution in [1.29, 1.82) is 0 Å². The van der Waals surface area contributed by atoms with Gasteiger partial charge in [0.2, 0.25) is 0 Å². The smallest absolute Gasteiger partial charge is 0.330 e. The van der Waals surface area contributed by atoms with Crippen LogP contribution in [0.25, 0.3) is 0 Å². The van der Waals surface area contributed by atoms with Gasteiger partial charge in [0.25, 0.3) is 0 Å². The lowest BCUT2D eigenvalue weighted by molar-refractivity contribution is -0.132. The van der Waals surface area contributed by atoms with Gasteiger partial charge in [0, 0.05) is 10.0 Å². The van der Waals surface area contributed by atoms with Crippen LogP contribution in [0.15, 0.2) is 40.4 Å². The van der Waals surface area contributed by atoms with Crippen LogP contribution >= 0.6 is 15.9 Å². The maximum Gasteiger partial charge on any atom is 0.330 e. The molecule has 0 aliphatic heterocycles. The second-order valence-corrected chi connectivity index (χ2v) is 4.27. The Morgan fingerprint density at radius 3 is 2.53 bits per heavy atom. The largest absolute Gasteiger partial charge is 0.478 e. The van der Waals surface area contributed by atoms with Crippen LogP contribution < -0.4 is 0 Å². The van der Waals surface area contributed by atoms with Crippen molar-refractivity contribution < 1.29 is 9.90 Å². The average molecular weight is 269 g/mol. The molecule has 0 bridgehead atoms. The molecule has 15 heavy (non-hydrogen) atoms. The van der Waals surface area contributed by atoms with E-state index in [9.17, 15) is 4.79 Å². The van der Waals surface area contributed by atoms with Crippen LogP contribution in [0.1, 0.15) is 18.9 Å². The fourth-order valence-electron chi connectivity index (χ4n) is 1.19. The van der Waals surface area contributed by atoms with Crippen LogP contribution in [0, 0.1) is 0 Å². The zero-order valence-electron chi connectivity index (χ0n) is 8.53. The number of carboxylic acids is 1. The number of benzene rings is 1. The van der Waals surface area contributed by atoms with Crippen LogP contribution in [0.4, 0.5) is 0 Å². The molecule has 0 saturated heterocycles. The first-order valence-corrected chi connectivity index (χ1v) is 5.53. The van der Waals surface area contributed by atoms with E-state index in [1.807, 2.05) is 24.3 Å². The molecule has 3 heteroatoms. The molecule has 0 aromatic heterocycles. The minimum Gasteiger partial charge on any atom is -0.478 e. The third-order valence-corrected chi connectivity index (χ3v) is 2.66. The fourth-order valence-corrected chi connectivity index (χ4v) is 1.46. The van der Waals surface area contributed by atoms with Crippen molar-refractivity contribution in [2.75, 3.05) is 0 Å². The van der Waals surface area contributed by atoms with Crippen LogP contribution in [-0.2, 0) is 11.2 Å². The van der Waals surface area contributed by atoms with Crippen LogP contribution in [0.5, 0.6) is 0 Å². The summed E-state index contributed by atoms with van der Waals surface area (Å²) in [6, 6.07) is 8.05. The highest BCUT2D eigenvalue weighted by Gasteiger charge is 1.98. The topological polar surface area (TPSA) is 37.3 Å². The van der Waals surface area contributed by atoms with E-state index in [2.05, 4.69) is 15.9 Å². The van der Waals surface area contributed by atoms with Crippen molar-refractivity contribution in [3.63, 3.8) is 0 Å². The molecule has 0 radical (unpaired) electrons. The zero-order valence-corrected chi connectivity index (χ0v) is 10.1. The summed E-state index contributed by atoms with van der Waals surface area (Å²) in [7, 11) is 0. The van der Waals surface area contributed by atoms with Gasteiger partial charge >= 0.3 is 5.97 Å². The molecule has 0 unspecified atom stereocenters. The van der Waals surface area contributed by atoms with E-state index in [1.54, 1.807) is 13.0 Å². The summed E-state index contributed by atoms with van der Waals surface area (Å²) in [5.41, 5.74) is 1.62.